The fourth-order valence-electron chi connectivity index (χ4n) is 3.43. The molecule has 0 radical (unpaired) electrons. The van der Waals surface area contributed by atoms with Crippen LogP contribution in [0.3, 0.4) is 0 Å². The number of rotatable bonds is 8. The van der Waals surface area contributed by atoms with Gasteiger partial charge < -0.3 is 8.85 Å². The molecule has 32 heavy (non-hydrogen) atoms. The summed E-state index contributed by atoms with van der Waals surface area (Å²) in [5.74, 6) is 0. The zero-order chi connectivity index (χ0) is 25.2. The van der Waals surface area contributed by atoms with E-state index >= 15 is 0 Å². The standard InChI is InChI=1S/C27H54O2Si3/c1-22(16-15-19-28-31(11,12)26(2,3)4)25-20-24(29-32(13,14)27(5,6)7)18-17-23(25)21-30(8,9)10/h16,20-21,24H,15,17-19H2,1-14H3/b22-16-,23-21+/t24-/m1/s1. The normalized spacial score (nSPS) is 21.2. The minimum Gasteiger partial charge on any atom is -0.417 e. The summed E-state index contributed by atoms with van der Waals surface area (Å²) >= 11 is 0. The van der Waals surface area contributed by atoms with Crippen LogP contribution in [-0.2, 0) is 8.85 Å². The van der Waals surface area contributed by atoms with Gasteiger partial charge >= 0.3 is 0 Å². The first-order chi connectivity index (χ1) is 14.2. The lowest BCUT2D eigenvalue weighted by atomic mass is 9.88. The molecule has 5 heteroatoms. The average Bonchev–Trinajstić information content (AvgIpc) is 2.56. The topological polar surface area (TPSA) is 18.5 Å². The van der Waals surface area contributed by atoms with E-state index in [9.17, 15) is 0 Å². The Morgan fingerprint density at radius 1 is 0.938 bits per heavy atom. The van der Waals surface area contributed by atoms with E-state index in [2.05, 4.69) is 112 Å². The molecule has 0 unspecified atom stereocenters. The first-order valence-electron chi connectivity index (χ1n) is 12.6. The van der Waals surface area contributed by atoms with Crippen LogP contribution in [0.5, 0.6) is 0 Å². The molecule has 186 valence electrons. The molecule has 0 saturated carbocycles. The van der Waals surface area contributed by atoms with Crippen LogP contribution >= 0.6 is 0 Å². The molecule has 2 nitrogen and oxygen atoms in total. The maximum absolute atomic E-state index is 6.81. The minimum atomic E-state index is -1.79. The van der Waals surface area contributed by atoms with Crippen molar-refractivity contribution in [3.8, 4) is 0 Å². The third kappa shape index (κ3) is 8.86. The van der Waals surface area contributed by atoms with E-state index in [1.807, 2.05) is 0 Å². The molecule has 0 heterocycles. The van der Waals surface area contributed by atoms with Gasteiger partial charge in [-0.05, 0) is 85.2 Å². The van der Waals surface area contributed by atoms with Gasteiger partial charge in [-0.15, -0.1) is 0 Å². The van der Waals surface area contributed by atoms with Crippen molar-refractivity contribution in [3.05, 3.63) is 34.6 Å². The molecule has 0 aliphatic heterocycles. The summed E-state index contributed by atoms with van der Waals surface area (Å²) < 4.78 is 13.2. The monoisotopic (exact) mass is 494 g/mol. The second kappa shape index (κ2) is 10.6. The van der Waals surface area contributed by atoms with Gasteiger partial charge in [-0.3, -0.25) is 0 Å². The summed E-state index contributed by atoms with van der Waals surface area (Å²) in [5, 5.41) is 0.501. The van der Waals surface area contributed by atoms with Gasteiger partial charge in [0, 0.05) is 6.61 Å². The van der Waals surface area contributed by atoms with Crippen molar-refractivity contribution in [1.29, 1.82) is 0 Å². The predicted octanol–water partition coefficient (Wildman–Crippen LogP) is 9.26. The van der Waals surface area contributed by atoms with Crippen LogP contribution in [0.2, 0.25) is 55.9 Å². The molecule has 0 amide bonds. The van der Waals surface area contributed by atoms with Gasteiger partial charge in [0.25, 0.3) is 0 Å². The molecule has 1 aliphatic carbocycles. The zero-order valence-electron chi connectivity index (χ0n) is 24.0. The van der Waals surface area contributed by atoms with Crippen LogP contribution in [0, 0.1) is 0 Å². The highest BCUT2D eigenvalue weighted by Gasteiger charge is 2.39. The van der Waals surface area contributed by atoms with Crippen molar-refractivity contribution in [2.45, 2.75) is 130 Å². The molecule has 1 rings (SSSR count). The average molecular weight is 495 g/mol. The number of hydrogen-bond donors (Lipinski definition) is 0. The molecule has 0 aromatic rings. The van der Waals surface area contributed by atoms with Crippen molar-refractivity contribution in [2.24, 2.45) is 0 Å². The summed E-state index contributed by atoms with van der Waals surface area (Å²) in [6, 6.07) is 0. The molecule has 0 bridgehead atoms. The Balaban J connectivity index is 3.09. The van der Waals surface area contributed by atoms with Crippen molar-refractivity contribution in [2.75, 3.05) is 6.61 Å². The van der Waals surface area contributed by atoms with Crippen molar-refractivity contribution in [3.63, 3.8) is 0 Å². The third-order valence-corrected chi connectivity index (χ3v) is 17.8. The molecule has 1 aliphatic rings. The fourth-order valence-corrected chi connectivity index (χ4v) is 7.13. The van der Waals surface area contributed by atoms with Gasteiger partial charge in [0.15, 0.2) is 16.6 Å². The largest absolute Gasteiger partial charge is 0.417 e. The van der Waals surface area contributed by atoms with Crippen molar-refractivity contribution >= 4 is 24.7 Å². The predicted molar refractivity (Wildman–Crippen MR) is 152 cm³/mol. The molecule has 0 spiro atoms. The second-order valence-corrected chi connectivity index (χ2v) is 28.4. The highest BCUT2D eigenvalue weighted by atomic mass is 28.4. The Bertz CT molecular complexity index is 723. The van der Waals surface area contributed by atoms with Gasteiger partial charge in [-0.1, -0.05) is 73.0 Å². The van der Waals surface area contributed by atoms with E-state index < -0.39 is 24.7 Å². The summed E-state index contributed by atoms with van der Waals surface area (Å²) in [7, 11) is -4.76. The Morgan fingerprint density at radius 3 is 1.94 bits per heavy atom. The molecule has 0 N–H and O–H groups in total. The van der Waals surface area contributed by atoms with Crippen LogP contribution in [0.4, 0.5) is 0 Å². The van der Waals surface area contributed by atoms with Crippen LogP contribution in [0.1, 0.15) is 67.7 Å². The molecule has 0 saturated heterocycles. The molecule has 0 fully saturated rings. The molecular weight excluding hydrogens is 441 g/mol. The number of allylic oxidation sites excluding steroid dienone is 3. The van der Waals surface area contributed by atoms with E-state index in [1.54, 1.807) is 5.57 Å². The fraction of sp³-hybridized carbons (Fsp3) is 0.778. The molecule has 0 aromatic heterocycles. The van der Waals surface area contributed by atoms with E-state index in [0.29, 0.717) is 0 Å². The highest BCUT2D eigenvalue weighted by Crippen LogP contribution is 2.40. The van der Waals surface area contributed by atoms with Crippen LogP contribution in [0.15, 0.2) is 34.6 Å². The Morgan fingerprint density at radius 2 is 1.47 bits per heavy atom. The highest BCUT2D eigenvalue weighted by molar-refractivity contribution is 6.81. The van der Waals surface area contributed by atoms with E-state index in [-0.39, 0.29) is 16.2 Å². The summed E-state index contributed by atoms with van der Waals surface area (Å²) in [4.78, 5) is 0. The SMILES string of the molecule is C/C(=C/CCO[Si](C)(C)C(C)(C)C)C1=C[C@H](O[Si](C)(C)C(C)(C)C)CC/C1=C\[Si](C)(C)C. The van der Waals surface area contributed by atoms with E-state index in [0.717, 1.165) is 25.9 Å². The van der Waals surface area contributed by atoms with Gasteiger partial charge in [0.05, 0.1) is 14.2 Å². The lowest BCUT2D eigenvalue weighted by Crippen LogP contribution is -2.44. The zero-order valence-corrected chi connectivity index (χ0v) is 27.0. The van der Waals surface area contributed by atoms with Crippen LogP contribution < -0.4 is 0 Å². The van der Waals surface area contributed by atoms with Gasteiger partial charge in [-0.25, -0.2) is 0 Å². The van der Waals surface area contributed by atoms with E-state index in [4.69, 9.17) is 8.85 Å². The Kier molecular flexibility index (Phi) is 9.87. The quantitative estimate of drug-likeness (QED) is 0.247. The first-order valence-corrected chi connectivity index (χ1v) is 22.0. The Labute approximate surface area is 204 Å². The smallest absolute Gasteiger partial charge is 0.192 e. The number of hydrogen-bond acceptors (Lipinski definition) is 2. The van der Waals surface area contributed by atoms with Gasteiger partial charge in [0.2, 0.25) is 0 Å². The van der Waals surface area contributed by atoms with Crippen LogP contribution in [-0.4, -0.2) is 37.4 Å². The molecule has 1 atom stereocenters. The minimum absolute atomic E-state index is 0.233. The Hall–Kier alpha value is -0.209. The maximum atomic E-state index is 6.81. The van der Waals surface area contributed by atoms with Gasteiger partial charge in [-0.2, -0.15) is 0 Å². The van der Waals surface area contributed by atoms with Gasteiger partial charge in [0.1, 0.15) is 0 Å². The molecular formula is C27H54O2Si3. The van der Waals surface area contributed by atoms with Crippen molar-refractivity contribution in [1.82, 2.24) is 0 Å². The molecule has 0 aromatic carbocycles. The second-order valence-electron chi connectivity index (χ2n) is 13.9. The lowest BCUT2D eigenvalue weighted by Gasteiger charge is -2.40. The summed E-state index contributed by atoms with van der Waals surface area (Å²) in [5.41, 5.74) is 6.95. The first kappa shape index (κ1) is 29.8. The van der Waals surface area contributed by atoms with E-state index in [1.165, 1.54) is 11.1 Å². The summed E-state index contributed by atoms with van der Waals surface area (Å²) in [6.45, 7) is 33.7. The summed E-state index contributed by atoms with van der Waals surface area (Å²) in [6.07, 6.45) is 8.28. The van der Waals surface area contributed by atoms with Crippen LogP contribution in [0.25, 0.3) is 0 Å². The third-order valence-electron chi connectivity index (χ3n) is 7.52. The van der Waals surface area contributed by atoms with Crippen molar-refractivity contribution < 1.29 is 8.85 Å². The maximum Gasteiger partial charge on any atom is 0.192 e. The lowest BCUT2D eigenvalue weighted by molar-refractivity contribution is 0.211.